The summed E-state index contributed by atoms with van der Waals surface area (Å²) in [4.78, 5) is 24.1. The Labute approximate surface area is 228 Å². The minimum atomic E-state index is -0.938. The van der Waals surface area contributed by atoms with Gasteiger partial charge in [0.05, 0.1) is 28.4 Å². The molecule has 0 aromatic heterocycles. The smallest absolute Gasteiger partial charge is 0.335 e. The number of hydrogen-bond donors (Lipinski definition) is 1. The summed E-state index contributed by atoms with van der Waals surface area (Å²) in [6.07, 6.45) is 13.3. The fourth-order valence-electron chi connectivity index (χ4n) is 6.74. The van der Waals surface area contributed by atoms with E-state index in [4.69, 9.17) is 9.98 Å². The Balaban J connectivity index is 1.37. The molecule has 4 aliphatic rings. The van der Waals surface area contributed by atoms with Crippen molar-refractivity contribution in [3.05, 3.63) is 132 Å². The van der Waals surface area contributed by atoms with Gasteiger partial charge in [0.25, 0.3) is 0 Å². The van der Waals surface area contributed by atoms with E-state index in [1.807, 2.05) is 6.08 Å². The quantitative estimate of drug-likeness (QED) is 0.371. The van der Waals surface area contributed by atoms with E-state index in [0.717, 1.165) is 42.1 Å². The van der Waals surface area contributed by atoms with Crippen LogP contribution in [-0.4, -0.2) is 33.1 Å². The van der Waals surface area contributed by atoms with Gasteiger partial charge in [-0.15, -0.1) is 0 Å². The van der Waals surface area contributed by atoms with Gasteiger partial charge in [0.2, 0.25) is 0 Å². The first-order valence-electron chi connectivity index (χ1n) is 13.7. The summed E-state index contributed by atoms with van der Waals surface area (Å²) in [6.45, 7) is 0. The number of carbonyl (C=O) groups is 1. The molecule has 3 aromatic carbocycles. The molecule has 1 N–H and O–H groups in total. The third kappa shape index (κ3) is 3.97. The van der Waals surface area contributed by atoms with Gasteiger partial charge in [-0.05, 0) is 72.9 Å². The molecule has 5 nitrogen and oxygen atoms in total. The number of nitrogens with zero attached hydrogens (tertiary/aromatic N) is 3. The zero-order valence-electron chi connectivity index (χ0n) is 21.6. The molecular weight excluding hydrogens is 482 g/mol. The zero-order chi connectivity index (χ0) is 26.4. The van der Waals surface area contributed by atoms with Gasteiger partial charge in [0, 0.05) is 17.5 Å². The molecule has 5 heteroatoms. The second-order valence-electron chi connectivity index (χ2n) is 10.7. The van der Waals surface area contributed by atoms with Crippen LogP contribution >= 0.6 is 0 Å². The summed E-state index contributed by atoms with van der Waals surface area (Å²) in [7, 11) is 0. The van der Waals surface area contributed by atoms with Crippen LogP contribution in [0.4, 0.5) is 5.69 Å². The molecule has 192 valence electrons. The summed E-state index contributed by atoms with van der Waals surface area (Å²) < 4.78 is 0. The Bertz CT molecular complexity index is 1580. The van der Waals surface area contributed by atoms with E-state index < -0.39 is 5.97 Å². The second kappa shape index (κ2) is 9.35. The molecule has 1 spiro atoms. The highest BCUT2D eigenvalue weighted by Crippen LogP contribution is 2.57. The van der Waals surface area contributed by atoms with Crippen molar-refractivity contribution >= 4 is 28.8 Å². The number of fused-ring (bicyclic) bond motifs is 2. The SMILES string of the molecule is O=C(O)c1ccc(N=C2C=CC3=N[C@@]45CCCC[C@@H]4[C@H](c4ccccc4)C=C(c4ccccc4)N5C3=C2)cc1. The maximum Gasteiger partial charge on any atom is 0.335 e. The highest BCUT2D eigenvalue weighted by molar-refractivity contribution is 6.23. The molecule has 0 unspecified atom stereocenters. The van der Waals surface area contributed by atoms with Gasteiger partial charge < -0.3 is 10.0 Å². The molecule has 0 saturated heterocycles. The number of benzene rings is 3. The van der Waals surface area contributed by atoms with E-state index in [1.54, 1.807) is 24.3 Å². The number of allylic oxidation sites excluding steroid dienone is 4. The van der Waals surface area contributed by atoms with Crippen molar-refractivity contribution < 1.29 is 9.90 Å². The van der Waals surface area contributed by atoms with Crippen molar-refractivity contribution in [2.45, 2.75) is 37.3 Å². The van der Waals surface area contributed by atoms with Crippen LogP contribution in [0.15, 0.2) is 125 Å². The molecule has 2 aliphatic heterocycles. The second-order valence-corrected chi connectivity index (χ2v) is 10.7. The van der Waals surface area contributed by atoms with Crippen molar-refractivity contribution in [1.29, 1.82) is 0 Å². The number of carboxylic acids is 1. The van der Waals surface area contributed by atoms with Crippen LogP contribution in [0, 0.1) is 5.92 Å². The van der Waals surface area contributed by atoms with Crippen LogP contribution < -0.4 is 0 Å². The van der Waals surface area contributed by atoms with Crippen molar-refractivity contribution in [2.75, 3.05) is 0 Å². The number of rotatable bonds is 4. The summed E-state index contributed by atoms with van der Waals surface area (Å²) in [5.74, 6) is -0.280. The molecule has 2 aliphatic carbocycles. The summed E-state index contributed by atoms with van der Waals surface area (Å²) in [5, 5.41) is 9.23. The minimum absolute atomic E-state index is 0.255. The van der Waals surface area contributed by atoms with Gasteiger partial charge in [-0.2, -0.15) is 0 Å². The van der Waals surface area contributed by atoms with E-state index in [9.17, 15) is 9.90 Å². The Kier molecular flexibility index (Phi) is 5.66. The monoisotopic (exact) mass is 511 g/mol. The molecule has 7 rings (SSSR count). The maximum absolute atomic E-state index is 11.3. The van der Waals surface area contributed by atoms with E-state index in [2.05, 4.69) is 83.8 Å². The Morgan fingerprint density at radius 2 is 1.64 bits per heavy atom. The van der Waals surface area contributed by atoms with Gasteiger partial charge in [0.1, 0.15) is 5.66 Å². The van der Waals surface area contributed by atoms with Crippen LogP contribution in [0.25, 0.3) is 5.70 Å². The summed E-state index contributed by atoms with van der Waals surface area (Å²) in [6, 6.07) is 28.3. The first-order chi connectivity index (χ1) is 19.1. The molecule has 2 heterocycles. The minimum Gasteiger partial charge on any atom is -0.478 e. The molecule has 1 saturated carbocycles. The third-order valence-corrected chi connectivity index (χ3v) is 8.44. The summed E-state index contributed by atoms with van der Waals surface area (Å²) in [5.41, 5.74) is 7.32. The van der Waals surface area contributed by atoms with Crippen molar-refractivity contribution in [1.82, 2.24) is 4.90 Å². The fraction of sp³-hybridized carbons (Fsp3) is 0.206. The predicted molar refractivity (Wildman–Crippen MR) is 155 cm³/mol. The fourth-order valence-corrected chi connectivity index (χ4v) is 6.74. The molecule has 3 aromatic rings. The third-order valence-electron chi connectivity index (χ3n) is 8.44. The normalized spacial score (nSPS) is 26.2. The van der Waals surface area contributed by atoms with Gasteiger partial charge in [-0.3, -0.25) is 4.99 Å². The first kappa shape index (κ1) is 23.6. The van der Waals surface area contributed by atoms with Crippen LogP contribution in [0.1, 0.15) is 53.1 Å². The van der Waals surface area contributed by atoms with E-state index in [1.165, 1.54) is 23.2 Å². The number of hydrogen-bond acceptors (Lipinski definition) is 4. The van der Waals surface area contributed by atoms with Crippen molar-refractivity contribution in [3.63, 3.8) is 0 Å². The Hall–Kier alpha value is -4.51. The lowest BCUT2D eigenvalue weighted by molar-refractivity contribution is 0.0686. The van der Waals surface area contributed by atoms with Gasteiger partial charge >= 0.3 is 5.97 Å². The molecule has 0 amide bonds. The van der Waals surface area contributed by atoms with Crippen molar-refractivity contribution in [2.24, 2.45) is 15.9 Å². The standard InChI is InChI=1S/C34H29N3O2/c38-33(39)25-14-16-26(17-15-25)35-27-18-19-30-32(21-27)37-31(24-11-5-2-6-12-24)22-28(23-9-3-1-4-10-23)29-13-7-8-20-34(29,37)36-30/h1-6,9-12,14-19,21-22,28-29H,7-8,13,20H2,(H,38,39)/t28-,29+,34+/m0/s1. The largest absolute Gasteiger partial charge is 0.478 e. The van der Waals surface area contributed by atoms with E-state index in [-0.39, 0.29) is 17.1 Å². The topological polar surface area (TPSA) is 65.3 Å². The van der Waals surface area contributed by atoms with Gasteiger partial charge in [-0.25, -0.2) is 9.79 Å². The van der Waals surface area contributed by atoms with Crippen LogP contribution in [-0.2, 0) is 0 Å². The molecule has 39 heavy (non-hydrogen) atoms. The highest BCUT2D eigenvalue weighted by atomic mass is 16.4. The molecule has 1 fully saturated rings. The van der Waals surface area contributed by atoms with E-state index >= 15 is 0 Å². The van der Waals surface area contributed by atoms with Crippen LogP contribution in [0.5, 0.6) is 0 Å². The first-order valence-corrected chi connectivity index (χ1v) is 13.7. The lowest BCUT2D eigenvalue weighted by Crippen LogP contribution is -2.54. The molecule has 0 bridgehead atoms. The Morgan fingerprint density at radius 1 is 0.897 bits per heavy atom. The predicted octanol–water partition coefficient (Wildman–Crippen LogP) is 7.39. The Morgan fingerprint density at radius 3 is 2.38 bits per heavy atom. The van der Waals surface area contributed by atoms with Crippen molar-refractivity contribution in [3.8, 4) is 0 Å². The maximum atomic E-state index is 11.3. The average molecular weight is 512 g/mol. The molecule has 0 radical (unpaired) electrons. The van der Waals surface area contributed by atoms with Crippen LogP contribution in [0.2, 0.25) is 0 Å². The van der Waals surface area contributed by atoms with Crippen LogP contribution in [0.3, 0.4) is 0 Å². The lowest BCUT2D eigenvalue weighted by atomic mass is 9.66. The van der Waals surface area contributed by atoms with E-state index in [0.29, 0.717) is 5.92 Å². The average Bonchev–Trinajstić information content (AvgIpc) is 3.30. The zero-order valence-corrected chi connectivity index (χ0v) is 21.6. The molecular formula is C34H29N3O2. The highest BCUT2D eigenvalue weighted by Gasteiger charge is 2.56. The van der Waals surface area contributed by atoms with Gasteiger partial charge in [-0.1, -0.05) is 73.2 Å². The summed E-state index contributed by atoms with van der Waals surface area (Å²) >= 11 is 0. The van der Waals surface area contributed by atoms with Gasteiger partial charge in [0.15, 0.2) is 0 Å². The number of carboxylic acid groups (broad SMARTS) is 1. The lowest BCUT2D eigenvalue weighted by Gasteiger charge is -2.53. The number of aliphatic imine (C=N–C) groups is 2. The molecule has 3 atom stereocenters. The number of aromatic carboxylic acids is 1.